The number of rotatable bonds is 7. The monoisotopic (exact) mass is 432 g/mol. The van der Waals surface area contributed by atoms with Gasteiger partial charge in [-0.15, -0.1) is 0 Å². The van der Waals surface area contributed by atoms with E-state index in [0.717, 1.165) is 29.4 Å². The quantitative estimate of drug-likeness (QED) is 0.488. The summed E-state index contributed by atoms with van der Waals surface area (Å²) < 4.78 is 4.76. The zero-order valence-corrected chi connectivity index (χ0v) is 17.7. The molecule has 3 N–H and O–H groups in total. The van der Waals surface area contributed by atoms with Crippen LogP contribution >= 0.6 is 0 Å². The number of ether oxygens (including phenoxy) is 1. The van der Waals surface area contributed by atoms with Gasteiger partial charge in [-0.3, -0.25) is 14.6 Å². The number of aromatic nitrogens is 3. The van der Waals surface area contributed by atoms with Crippen molar-refractivity contribution in [2.24, 2.45) is 5.92 Å². The van der Waals surface area contributed by atoms with Gasteiger partial charge in [0.05, 0.1) is 29.8 Å². The average Bonchev–Trinajstić information content (AvgIpc) is 3.59. The van der Waals surface area contributed by atoms with Gasteiger partial charge in [0, 0.05) is 42.1 Å². The Morgan fingerprint density at radius 1 is 1.06 bits per heavy atom. The molecule has 9 nitrogen and oxygen atoms in total. The summed E-state index contributed by atoms with van der Waals surface area (Å²) in [4.78, 5) is 37.6. The van der Waals surface area contributed by atoms with Gasteiger partial charge >= 0.3 is 5.97 Å². The van der Waals surface area contributed by atoms with Gasteiger partial charge in [-0.2, -0.15) is 0 Å². The fourth-order valence-corrected chi connectivity index (χ4v) is 3.80. The van der Waals surface area contributed by atoms with E-state index in [-0.39, 0.29) is 23.8 Å². The molecule has 3 aromatic rings. The van der Waals surface area contributed by atoms with Crippen molar-refractivity contribution >= 4 is 40.1 Å². The molecule has 0 bridgehead atoms. The number of pyridine rings is 3. The number of methoxy groups -OCH3 is 1. The van der Waals surface area contributed by atoms with Gasteiger partial charge in [-0.25, -0.2) is 9.97 Å². The average molecular weight is 432 g/mol. The number of esters is 1. The number of amides is 1. The zero-order valence-electron chi connectivity index (χ0n) is 17.7. The highest BCUT2D eigenvalue weighted by atomic mass is 16.5. The summed E-state index contributed by atoms with van der Waals surface area (Å²) in [5.41, 5.74) is 2.06. The number of hydrogen-bond donors (Lipinski definition) is 3. The van der Waals surface area contributed by atoms with Crippen LogP contribution in [0.2, 0.25) is 0 Å². The minimum Gasteiger partial charge on any atom is -0.469 e. The van der Waals surface area contributed by atoms with Crippen molar-refractivity contribution in [3.05, 3.63) is 48.4 Å². The van der Waals surface area contributed by atoms with Crippen LogP contribution in [0.1, 0.15) is 36.0 Å². The molecule has 0 spiro atoms. The lowest BCUT2D eigenvalue weighted by atomic mass is 9.80. The molecule has 9 heteroatoms. The normalized spacial score (nSPS) is 19.7. The molecule has 164 valence electrons. The molecule has 3 aromatic heterocycles. The third kappa shape index (κ3) is 4.32. The Hall–Kier alpha value is -3.75. The molecule has 3 heterocycles. The van der Waals surface area contributed by atoms with E-state index in [1.165, 1.54) is 7.11 Å². The maximum Gasteiger partial charge on any atom is 0.308 e. The highest BCUT2D eigenvalue weighted by Crippen LogP contribution is 2.31. The SMILES string of the molecule is COC(=O)C1CC(NC(=O)c2cnc(Nc3ccc4cnccc4n3)cc2NC2CC2)C1. The van der Waals surface area contributed by atoms with Crippen LogP contribution in [0.4, 0.5) is 17.3 Å². The first kappa shape index (κ1) is 20.2. The van der Waals surface area contributed by atoms with Crippen LogP contribution in [0.3, 0.4) is 0 Å². The topological polar surface area (TPSA) is 118 Å². The second kappa shape index (κ2) is 8.41. The van der Waals surface area contributed by atoms with E-state index in [1.807, 2.05) is 24.3 Å². The predicted octanol–water partition coefficient (Wildman–Crippen LogP) is 3.02. The third-order valence-corrected chi connectivity index (χ3v) is 5.84. The van der Waals surface area contributed by atoms with E-state index in [2.05, 4.69) is 30.9 Å². The number of anilines is 3. The molecule has 2 fully saturated rings. The molecular weight excluding hydrogens is 408 g/mol. The van der Waals surface area contributed by atoms with Crippen LogP contribution in [0.15, 0.2) is 42.9 Å². The van der Waals surface area contributed by atoms with E-state index in [1.54, 1.807) is 18.6 Å². The van der Waals surface area contributed by atoms with Gasteiger partial charge < -0.3 is 20.7 Å². The smallest absolute Gasteiger partial charge is 0.308 e. The number of carbonyl (C=O) groups excluding carboxylic acids is 2. The Labute approximate surface area is 185 Å². The Bertz CT molecular complexity index is 1170. The molecule has 0 unspecified atom stereocenters. The van der Waals surface area contributed by atoms with Gasteiger partial charge in [0.1, 0.15) is 11.6 Å². The molecule has 0 aliphatic heterocycles. The molecule has 2 aliphatic rings. The number of carbonyl (C=O) groups is 2. The second-order valence-corrected chi connectivity index (χ2v) is 8.29. The maximum absolute atomic E-state index is 12.9. The Balaban J connectivity index is 1.31. The largest absolute Gasteiger partial charge is 0.469 e. The van der Waals surface area contributed by atoms with Crippen molar-refractivity contribution in [2.45, 2.75) is 37.8 Å². The Kier molecular flexibility index (Phi) is 5.30. The summed E-state index contributed by atoms with van der Waals surface area (Å²) in [6.07, 6.45) is 8.40. The predicted molar refractivity (Wildman–Crippen MR) is 120 cm³/mol. The van der Waals surface area contributed by atoms with E-state index in [4.69, 9.17) is 4.74 Å². The van der Waals surface area contributed by atoms with Crippen molar-refractivity contribution in [3.63, 3.8) is 0 Å². The second-order valence-electron chi connectivity index (χ2n) is 8.29. The number of hydrogen-bond acceptors (Lipinski definition) is 8. The molecule has 2 saturated carbocycles. The molecular formula is C23H24N6O3. The molecule has 2 aliphatic carbocycles. The van der Waals surface area contributed by atoms with Gasteiger partial charge in [0.25, 0.3) is 5.91 Å². The standard InChI is InChI=1S/C23H24N6O3/c1-32-23(31)14-8-16(9-14)27-22(30)17-12-25-21(10-19(17)26-15-3-4-15)29-20-5-2-13-11-24-7-6-18(13)28-20/h2,5-7,10-12,14-16H,3-4,8-9H2,1H3,(H,27,30)(H2,25,26,28,29). The van der Waals surface area contributed by atoms with Crippen LogP contribution in [-0.2, 0) is 9.53 Å². The maximum atomic E-state index is 12.9. The lowest BCUT2D eigenvalue weighted by Crippen LogP contribution is -2.47. The Morgan fingerprint density at radius 2 is 1.91 bits per heavy atom. The van der Waals surface area contributed by atoms with Crippen LogP contribution in [0.5, 0.6) is 0 Å². The molecule has 32 heavy (non-hydrogen) atoms. The van der Waals surface area contributed by atoms with Crippen molar-refractivity contribution < 1.29 is 14.3 Å². The van der Waals surface area contributed by atoms with E-state index >= 15 is 0 Å². The summed E-state index contributed by atoms with van der Waals surface area (Å²) in [7, 11) is 1.38. The summed E-state index contributed by atoms with van der Waals surface area (Å²) in [6.45, 7) is 0. The first-order valence-corrected chi connectivity index (χ1v) is 10.7. The van der Waals surface area contributed by atoms with Crippen molar-refractivity contribution in [1.82, 2.24) is 20.3 Å². The first-order chi connectivity index (χ1) is 15.6. The fraction of sp³-hybridized carbons (Fsp3) is 0.348. The van der Waals surface area contributed by atoms with Gasteiger partial charge in [-0.1, -0.05) is 0 Å². The number of nitrogens with zero attached hydrogens (tertiary/aromatic N) is 3. The molecule has 1 amide bonds. The van der Waals surface area contributed by atoms with Gasteiger partial charge in [-0.05, 0) is 43.9 Å². The molecule has 0 saturated heterocycles. The highest BCUT2D eigenvalue weighted by molar-refractivity contribution is 6.00. The van der Waals surface area contributed by atoms with Crippen molar-refractivity contribution in [2.75, 3.05) is 17.7 Å². The number of nitrogens with one attached hydrogen (secondary N) is 3. The fourth-order valence-electron chi connectivity index (χ4n) is 3.80. The first-order valence-electron chi connectivity index (χ1n) is 10.7. The molecule has 5 rings (SSSR count). The highest BCUT2D eigenvalue weighted by Gasteiger charge is 2.36. The Morgan fingerprint density at radius 3 is 2.69 bits per heavy atom. The molecule has 0 aromatic carbocycles. The van der Waals surface area contributed by atoms with E-state index in [9.17, 15) is 9.59 Å². The van der Waals surface area contributed by atoms with Crippen molar-refractivity contribution in [3.8, 4) is 0 Å². The van der Waals surface area contributed by atoms with Gasteiger partial charge in [0.15, 0.2) is 0 Å². The van der Waals surface area contributed by atoms with Crippen molar-refractivity contribution in [1.29, 1.82) is 0 Å². The zero-order chi connectivity index (χ0) is 22.1. The van der Waals surface area contributed by atoms with Crippen LogP contribution in [0.25, 0.3) is 10.9 Å². The lowest BCUT2D eigenvalue weighted by Gasteiger charge is -2.33. The van der Waals surface area contributed by atoms with E-state index in [0.29, 0.717) is 36.1 Å². The van der Waals surface area contributed by atoms with Crippen LogP contribution < -0.4 is 16.0 Å². The van der Waals surface area contributed by atoms with Crippen LogP contribution in [-0.4, -0.2) is 46.0 Å². The summed E-state index contributed by atoms with van der Waals surface area (Å²) in [6, 6.07) is 7.85. The molecule has 0 radical (unpaired) electrons. The van der Waals surface area contributed by atoms with E-state index < -0.39 is 0 Å². The number of fused-ring (bicyclic) bond motifs is 1. The summed E-state index contributed by atoms with van der Waals surface area (Å²) in [5.74, 6) is 0.706. The van der Waals surface area contributed by atoms with Crippen LogP contribution in [0, 0.1) is 5.92 Å². The molecule has 0 atom stereocenters. The lowest BCUT2D eigenvalue weighted by molar-refractivity contribution is -0.149. The third-order valence-electron chi connectivity index (χ3n) is 5.84. The summed E-state index contributed by atoms with van der Waals surface area (Å²) >= 11 is 0. The van der Waals surface area contributed by atoms with Gasteiger partial charge in [0.2, 0.25) is 0 Å². The minimum absolute atomic E-state index is 0.0329. The summed E-state index contributed by atoms with van der Waals surface area (Å²) in [5, 5.41) is 10.6. The minimum atomic E-state index is -0.220.